The summed E-state index contributed by atoms with van der Waals surface area (Å²) in [7, 11) is 0. The zero-order valence-electron chi connectivity index (χ0n) is 12.2. The highest BCUT2D eigenvalue weighted by Gasteiger charge is 2.23. The Bertz CT molecular complexity index is 818. The summed E-state index contributed by atoms with van der Waals surface area (Å²) < 4.78 is 5.29. The second-order valence-electron chi connectivity index (χ2n) is 5.89. The number of nitrogens with one attached hydrogen (secondary N) is 2. The van der Waals surface area contributed by atoms with E-state index in [0.29, 0.717) is 11.5 Å². The van der Waals surface area contributed by atoms with Crippen molar-refractivity contribution in [1.29, 1.82) is 0 Å². The van der Waals surface area contributed by atoms with Crippen molar-refractivity contribution in [2.45, 2.75) is 25.3 Å². The third-order valence-electron chi connectivity index (χ3n) is 4.39. The number of para-hydroxylation sites is 1. The van der Waals surface area contributed by atoms with Gasteiger partial charge in [-0.15, -0.1) is 0 Å². The number of hydrogen-bond acceptors (Lipinski definition) is 4. The number of oxazole rings is 1. The summed E-state index contributed by atoms with van der Waals surface area (Å²) in [5.41, 5.74) is 3.71. The number of benzene rings is 1. The van der Waals surface area contributed by atoms with Crippen molar-refractivity contribution in [2.24, 2.45) is 0 Å². The number of piperidine rings is 1. The quantitative estimate of drug-likeness (QED) is 0.777. The minimum absolute atomic E-state index is 0.392. The topological polar surface area (TPSA) is 77.9 Å². The molecule has 1 fully saturated rings. The van der Waals surface area contributed by atoms with E-state index in [1.54, 1.807) is 0 Å². The van der Waals surface area contributed by atoms with E-state index in [0.717, 1.165) is 37.1 Å². The number of aromatic amines is 2. The van der Waals surface area contributed by atoms with Gasteiger partial charge in [0, 0.05) is 36.5 Å². The largest absolute Gasteiger partial charge is 0.417 e. The van der Waals surface area contributed by atoms with Crippen molar-refractivity contribution in [1.82, 2.24) is 20.1 Å². The molecule has 0 spiro atoms. The first-order chi connectivity index (χ1) is 10.8. The Labute approximate surface area is 127 Å². The number of rotatable bonds is 3. The fraction of sp³-hybridized carbons (Fsp3) is 0.375. The molecule has 0 amide bonds. The summed E-state index contributed by atoms with van der Waals surface area (Å²) in [6, 6.07) is 7.91. The maximum absolute atomic E-state index is 11.4. The molecule has 0 saturated carbocycles. The summed E-state index contributed by atoms with van der Waals surface area (Å²) in [6.07, 6.45) is 4.16. The van der Waals surface area contributed by atoms with Crippen LogP contribution in [-0.4, -0.2) is 33.2 Å². The van der Waals surface area contributed by atoms with Crippen LogP contribution in [0.15, 0.2) is 39.7 Å². The van der Waals surface area contributed by atoms with Crippen molar-refractivity contribution in [3.8, 4) is 0 Å². The molecule has 1 aromatic carbocycles. The molecule has 0 bridgehead atoms. The average Bonchev–Trinajstić information content (AvgIpc) is 3.16. The molecule has 2 N–H and O–H groups in total. The molecular weight excluding hydrogens is 280 g/mol. The molecule has 3 heterocycles. The lowest BCUT2D eigenvalue weighted by Gasteiger charge is -2.32. The van der Waals surface area contributed by atoms with Gasteiger partial charge < -0.3 is 4.42 Å². The van der Waals surface area contributed by atoms with E-state index < -0.39 is 5.76 Å². The van der Waals surface area contributed by atoms with Gasteiger partial charge in [-0.2, -0.15) is 5.10 Å². The molecule has 1 unspecified atom stereocenters. The van der Waals surface area contributed by atoms with Gasteiger partial charge in [0.2, 0.25) is 0 Å². The summed E-state index contributed by atoms with van der Waals surface area (Å²) >= 11 is 0. The van der Waals surface area contributed by atoms with Crippen molar-refractivity contribution < 1.29 is 4.42 Å². The van der Waals surface area contributed by atoms with Crippen molar-refractivity contribution >= 4 is 11.1 Å². The molecule has 1 aliphatic heterocycles. The van der Waals surface area contributed by atoms with Crippen molar-refractivity contribution in [3.63, 3.8) is 0 Å². The number of nitrogens with zero attached hydrogens (tertiary/aromatic N) is 2. The van der Waals surface area contributed by atoms with E-state index in [1.807, 2.05) is 24.4 Å². The van der Waals surface area contributed by atoms with Gasteiger partial charge in [-0.25, -0.2) is 4.79 Å². The minimum atomic E-state index is -0.392. The Morgan fingerprint density at radius 1 is 1.36 bits per heavy atom. The number of likely N-dealkylation sites (tertiary alicyclic amines) is 1. The standard InChI is InChI=1S/C16H18N4O2/c21-16-18-14-5-1-3-12(15(14)22-16)10-20-8-2-4-11(9-20)13-6-7-17-19-13/h1,3,5-7,11H,2,4,8-10H2,(H,17,19)(H,18,21). The fourth-order valence-corrected chi connectivity index (χ4v) is 3.34. The molecule has 0 radical (unpaired) electrons. The van der Waals surface area contributed by atoms with E-state index >= 15 is 0 Å². The van der Waals surface area contributed by atoms with Gasteiger partial charge in [0.1, 0.15) is 0 Å². The normalized spacial score (nSPS) is 19.7. The van der Waals surface area contributed by atoms with Crippen LogP contribution >= 0.6 is 0 Å². The predicted molar refractivity (Wildman–Crippen MR) is 82.7 cm³/mol. The third kappa shape index (κ3) is 2.46. The van der Waals surface area contributed by atoms with Crippen molar-refractivity contribution in [2.75, 3.05) is 13.1 Å². The molecule has 2 aromatic heterocycles. The van der Waals surface area contributed by atoms with Crippen LogP contribution in [0.5, 0.6) is 0 Å². The number of fused-ring (bicyclic) bond motifs is 1. The zero-order chi connectivity index (χ0) is 14.9. The van der Waals surface area contributed by atoms with Gasteiger partial charge in [0.25, 0.3) is 0 Å². The Kier molecular flexibility index (Phi) is 3.31. The highest BCUT2D eigenvalue weighted by atomic mass is 16.4. The molecule has 114 valence electrons. The van der Waals surface area contributed by atoms with Crippen LogP contribution in [-0.2, 0) is 6.54 Å². The van der Waals surface area contributed by atoms with Crippen molar-refractivity contribution in [3.05, 3.63) is 52.3 Å². The average molecular weight is 298 g/mol. The van der Waals surface area contributed by atoms with Crippen LogP contribution in [0.4, 0.5) is 0 Å². The van der Waals surface area contributed by atoms with Gasteiger partial charge >= 0.3 is 5.76 Å². The molecular formula is C16H18N4O2. The molecule has 4 rings (SSSR count). The lowest BCUT2D eigenvalue weighted by molar-refractivity contribution is 0.198. The molecule has 1 aliphatic rings. The molecule has 22 heavy (non-hydrogen) atoms. The summed E-state index contributed by atoms with van der Waals surface area (Å²) in [6.45, 7) is 2.85. The Morgan fingerprint density at radius 2 is 2.32 bits per heavy atom. The van der Waals surface area contributed by atoms with E-state index in [4.69, 9.17) is 4.42 Å². The minimum Gasteiger partial charge on any atom is -0.408 e. The van der Waals surface area contributed by atoms with E-state index in [-0.39, 0.29) is 0 Å². The Morgan fingerprint density at radius 3 is 3.18 bits per heavy atom. The molecule has 6 nitrogen and oxygen atoms in total. The van der Waals surface area contributed by atoms with Gasteiger partial charge in [-0.3, -0.25) is 15.0 Å². The first-order valence-electron chi connectivity index (χ1n) is 7.62. The zero-order valence-corrected chi connectivity index (χ0v) is 12.2. The maximum Gasteiger partial charge on any atom is 0.417 e. The summed E-state index contributed by atoms with van der Waals surface area (Å²) in [5.74, 6) is 0.102. The molecule has 6 heteroatoms. The van der Waals surface area contributed by atoms with Gasteiger partial charge in [-0.1, -0.05) is 12.1 Å². The Balaban J connectivity index is 1.56. The monoisotopic (exact) mass is 298 g/mol. The number of H-pyrrole nitrogens is 2. The Hall–Kier alpha value is -2.34. The molecule has 3 aromatic rings. The SMILES string of the molecule is O=c1[nH]c2cccc(CN3CCCC(c4ccn[nH]4)C3)c2o1. The third-order valence-corrected chi connectivity index (χ3v) is 4.39. The maximum atomic E-state index is 11.4. The van der Waals surface area contributed by atoms with Gasteiger partial charge in [0.15, 0.2) is 5.58 Å². The predicted octanol–water partition coefficient (Wildman–Crippen LogP) is 2.22. The van der Waals surface area contributed by atoms with Crippen LogP contribution in [0.3, 0.4) is 0 Å². The highest BCUT2D eigenvalue weighted by molar-refractivity contribution is 5.75. The molecule has 1 saturated heterocycles. The number of hydrogen-bond donors (Lipinski definition) is 2. The second kappa shape index (κ2) is 5.46. The first-order valence-corrected chi connectivity index (χ1v) is 7.62. The first kappa shape index (κ1) is 13.3. The van der Waals surface area contributed by atoms with Crippen LogP contribution in [0.25, 0.3) is 11.1 Å². The van der Waals surface area contributed by atoms with Crippen LogP contribution in [0.1, 0.15) is 30.0 Å². The second-order valence-corrected chi connectivity index (χ2v) is 5.89. The highest BCUT2D eigenvalue weighted by Crippen LogP contribution is 2.27. The van der Waals surface area contributed by atoms with E-state index in [1.165, 1.54) is 12.1 Å². The van der Waals surface area contributed by atoms with Crippen LogP contribution in [0, 0.1) is 0 Å². The summed E-state index contributed by atoms with van der Waals surface area (Å²) in [4.78, 5) is 16.5. The lowest BCUT2D eigenvalue weighted by Crippen LogP contribution is -2.34. The van der Waals surface area contributed by atoms with Crippen LogP contribution in [0.2, 0.25) is 0 Å². The van der Waals surface area contributed by atoms with Gasteiger partial charge in [0.05, 0.1) is 5.52 Å². The van der Waals surface area contributed by atoms with E-state index in [9.17, 15) is 4.79 Å². The van der Waals surface area contributed by atoms with Gasteiger partial charge in [-0.05, 0) is 31.5 Å². The summed E-state index contributed by atoms with van der Waals surface area (Å²) in [5, 5.41) is 7.14. The van der Waals surface area contributed by atoms with Crippen LogP contribution < -0.4 is 5.76 Å². The molecule has 0 aliphatic carbocycles. The van der Waals surface area contributed by atoms with E-state index in [2.05, 4.69) is 26.1 Å². The fourth-order valence-electron chi connectivity index (χ4n) is 3.34. The number of aromatic nitrogens is 3. The lowest BCUT2D eigenvalue weighted by atomic mass is 9.94. The molecule has 1 atom stereocenters. The smallest absolute Gasteiger partial charge is 0.408 e.